The van der Waals surface area contributed by atoms with E-state index in [0.717, 1.165) is 7.11 Å². The van der Waals surface area contributed by atoms with Crippen molar-refractivity contribution in [3.8, 4) is 11.5 Å². The van der Waals surface area contributed by atoms with Gasteiger partial charge in [0.15, 0.2) is 11.5 Å². The smallest absolute Gasteiger partial charge is 0.326 e. The maximum atomic E-state index is 12.5. The molecule has 2 atom stereocenters. The van der Waals surface area contributed by atoms with Gasteiger partial charge in [0.2, 0.25) is 10.0 Å². The Balaban J connectivity index is 2.38. The van der Waals surface area contributed by atoms with Crippen LogP contribution in [0, 0.1) is 0 Å². The Kier molecular flexibility index (Phi) is 6.78. The lowest BCUT2D eigenvalue weighted by Crippen LogP contribution is -2.45. The molecule has 27 heavy (non-hydrogen) atoms. The number of aliphatic hydroxyl groups excluding tert-OH is 1. The average molecular weight is 395 g/mol. The van der Waals surface area contributed by atoms with Crippen molar-refractivity contribution in [1.29, 1.82) is 0 Å². The van der Waals surface area contributed by atoms with Crippen molar-refractivity contribution in [2.24, 2.45) is 0 Å². The van der Waals surface area contributed by atoms with Crippen LogP contribution in [-0.4, -0.2) is 46.9 Å². The average Bonchev–Trinajstić information content (AvgIpc) is 2.71. The summed E-state index contributed by atoms with van der Waals surface area (Å²) in [6.45, 7) is 0. The van der Waals surface area contributed by atoms with Crippen LogP contribution >= 0.6 is 0 Å². The number of aliphatic hydroxyl groups is 1. The number of sulfonamides is 1. The third kappa shape index (κ3) is 4.76. The summed E-state index contributed by atoms with van der Waals surface area (Å²) >= 11 is 0. The van der Waals surface area contributed by atoms with Gasteiger partial charge in [-0.2, -0.15) is 4.72 Å². The van der Waals surface area contributed by atoms with Crippen molar-refractivity contribution in [2.75, 3.05) is 21.3 Å². The zero-order chi connectivity index (χ0) is 20.0. The number of nitrogens with one attached hydrogen (secondary N) is 1. The Hall–Kier alpha value is -2.62. The van der Waals surface area contributed by atoms with E-state index in [4.69, 9.17) is 9.47 Å². The molecule has 0 heterocycles. The zero-order valence-corrected chi connectivity index (χ0v) is 15.9. The van der Waals surface area contributed by atoms with Crippen LogP contribution in [0.4, 0.5) is 0 Å². The highest BCUT2D eigenvalue weighted by Crippen LogP contribution is 2.31. The van der Waals surface area contributed by atoms with Crippen LogP contribution in [-0.2, 0) is 19.6 Å². The molecule has 146 valence electrons. The molecule has 0 saturated carbocycles. The monoisotopic (exact) mass is 395 g/mol. The number of methoxy groups -OCH3 is 3. The number of rotatable bonds is 8. The van der Waals surface area contributed by atoms with Crippen LogP contribution in [0.3, 0.4) is 0 Å². The van der Waals surface area contributed by atoms with Crippen LogP contribution in [0.1, 0.15) is 11.7 Å². The second-order valence-corrected chi connectivity index (χ2v) is 7.21. The summed E-state index contributed by atoms with van der Waals surface area (Å²) in [5, 5.41) is 10.7. The quantitative estimate of drug-likeness (QED) is 0.647. The predicted octanol–water partition coefficient (Wildman–Crippen LogP) is 1.26. The van der Waals surface area contributed by atoms with E-state index in [1.807, 2.05) is 0 Å². The van der Waals surface area contributed by atoms with E-state index in [1.54, 1.807) is 18.2 Å². The normalized spacial score (nSPS) is 13.5. The molecule has 0 aliphatic heterocycles. The van der Waals surface area contributed by atoms with Gasteiger partial charge in [-0.15, -0.1) is 0 Å². The first-order chi connectivity index (χ1) is 12.8. The van der Waals surface area contributed by atoms with Crippen LogP contribution in [0.15, 0.2) is 53.4 Å². The minimum absolute atomic E-state index is 0.0431. The second-order valence-electron chi connectivity index (χ2n) is 5.49. The molecule has 0 aromatic heterocycles. The molecule has 0 saturated heterocycles. The third-order valence-electron chi connectivity index (χ3n) is 3.86. The second kappa shape index (κ2) is 8.85. The molecule has 0 fully saturated rings. The van der Waals surface area contributed by atoms with Gasteiger partial charge in [-0.25, -0.2) is 8.42 Å². The van der Waals surface area contributed by atoms with Gasteiger partial charge in [0.05, 0.1) is 26.2 Å². The van der Waals surface area contributed by atoms with E-state index in [1.165, 1.54) is 44.6 Å². The Morgan fingerprint density at radius 1 is 1.00 bits per heavy atom. The van der Waals surface area contributed by atoms with Gasteiger partial charge in [0.25, 0.3) is 0 Å². The summed E-state index contributed by atoms with van der Waals surface area (Å²) in [7, 11) is -0.0802. The summed E-state index contributed by atoms with van der Waals surface area (Å²) < 4.78 is 42.3. The number of hydrogen-bond donors (Lipinski definition) is 2. The summed E-state index contributed by atoms with van der Waals surface area (Å²) in [5.41, 5.74) is 0.249. The van der Waals surface area contributed by atoms with Gasteiger partial charge in [0, 0.05) is 0 Å². The number of ether oxygens (including phenoxy) is 3. The minimum atomic E-state index is -4.06. The summed E-state index contributed by atoms with van der Waals surface area (Å²) in [6, 6.07) is 10.4. The summed E-state index contributed by atoms with van der Waals surface area (Å²) in [6.07, 6.45) is -1.52. The molecule has 0 aliphatic rings. The first kappa shape index (κ1) is 20.7. The lowest BCUT2D eigenvalue weighted by Gasteiger charge is -2.23. The highest BCUT2D eigenvalue weighted by molar-refractivity contribution is 7.89. The molecule has 0 amide bonds. The molecular weight excluding hydrogens is 374 g/mol. The Bertz CT molecular complexity index is 884. The molecular formula is C18H21NO7S. The minimum Gasteiger partial charge on any atom is -0.493 e. The van der Waals surface area contributed by atoms with Crippen LogP contribution in [0.5, 0.6) is 11.5 Å². The Morgan fingerprint density at radius 2 is 1.63 bits per heavy atom. The standard InChI is InChI=1S/C18H21NO7S/c1-24-14-10-9-12(11-15(14)25-2)17(20)16(18(21)26-3)19-27(22,23)13-7-5-4-6-8-13/h4-11,16-17,19-20H,1-3H3. The predicted molar refractivity (Wildman–Crippen MR) is 97.1 cm³/mol. The highest BCUT2D eigenvalue weighted by Gasteiger charge is 2.34. The first-order valence-electron chi connectivity index (χ1n) is 7.89. The van der Waals surface area contributed by atoms with Crippen molar-refractivity contribution in [1.82, 2.24) is 4.72 Å². The maximum Gasteiger partial charge on any atom is 0.326 e. The van der Waals surface area contributed by atoms with Gasteiger partial charge >= 0.3 is 5.97 Å². The SMILES string of the molecule is COC(=O)C(NS(=O)(=O)c1ccccc1)C(O)c1ccc(OC)c(OC)c1. The fourth-order valence-corrected chi connectivity index (χ4v) is 3.64. The molecule has 2 rings (SSSR count). The molecule has 8 nitrogen and oxygen atoms in total. The van der Waals surface area contributed by atoms with Crippen molar-refractivity contribution < 1.29 is 32.5 Å². The molecule has 0 aliphatic carbocycles. The topological polar surface area (TPSA) is 111 Å². The molecule has 9 heteroatoms. The van der Waals surface area contributed by atoms with E-state index in [2.05, 4.69) is 9.46 Å². The number of carbonyl (C=O) groups excluding carboxylic acids is 1. The van der Waals surface area contributed by atoms with Gasteiger partial charge in [0.1, 0.15) is 12.1 Å². The number of benzene rings is 2. The number of carbonyl (C=O) groups is 1. The van der Waals surface area contributed by atoms with E-state index >= 15 is 0 Å². The molecule has 2 aromatic carbocycles. The van der Waals surface area contributed by atoms with Crippen LogP contribution in [0.2, 0.25) is 0 Å². The van der Waals surface area contributed by atoms with Gasteiger partial charge in [-0.05, 0) is 29.8 Å². The zero-order valence-electron chi connectivity index (χ0n) is 15.1. The van der Waals surface area contributed by atoms with Crippen molar-refractivity contribution >= 4 is 16.0 Å². The van der Waals surface area contributed by atoms with Crippen molar-refractivity contribution in [2.45, 2.75) is 17.0 Å². The van der Waals surface area contributed by atoms with E-state index in [-0.39, 0.29) is 10.5 Å². The van der Waals surface area contributed by atoms with E-state index in [9.17, 15) is 18.3 Å². The molecule has 0 radical (unpaired) electrons. The van der Waals surface area contributed by atoms with Gasteiger partial charge < -0.3 is 19.3 Å². The molecule has 2 N–H and O–H groups in total. The lowest BCUT2D eigenvalue weighted by molar-refractivity contribution is -0.145. The largest absolute Gasteiger partial charge is 0.493 e. The van der Waals surface area contributed by atoms with Crippen molar-refractivity contribution in [3.05, 3.63) is 54.1 Å². The highest BCUT2D eigenvalue weighted by atomic mass is 32.2. The van der Waals surface area contributed by atoms with Gasteiger partial charge in [-0.1, -0.05) is 24.3 Å². The van der Waals surface area contributed by atoms with Crippen molar-refractivity contribution in [3.63, 3.8) is 0 Å². The summed E-state index contributed by atoms with van der Waals surface area (Å²) in [5.74, 6) is -0.187. The number of esters is 1. The Morgan fingerprint density at radius 3 is 2.19 bits per heavy atom. The molecule has 0 spiro atoms. The Labute approximate surface area is 157 Å². The fraction of sp³-hybridized carbons (Fsp3) is 0.278. The molecule has 0 bridgehead atoms. The number of hydrogen-bond acceptors (Lipinski definition) is 7. The molecule has 2 unspecified atom stereocenters. The van der Waals surface area contributed by atoms with E-state index in [0.29, 0.717) is 11.5 Å². The first-order valence-corrected chi connectivity index (χ1v) is 9.37. The maximum absolute atomic E-state index is 12.5. The third-order valence-corrected chi connectivity index (χ3v) is 5.31. The summed E-state index contributed by atoms with van der Waals surface area (Å²) in [4.78, 5) is 12.1. The molecule has 2 aromatic rings. The van der Waals surface area contributed by atoms with Gasteiger partial charge in [-0.3, -0.25) is 4.79 Å². The lowest BCUT2D eigenvalue weighted by atomic mass is 10.0. The fourth-order valence-electron chi connectivity index (χ4n) is 2.43. The van der Waals surface area contributed by atoms with Crippen LogP contribution < -0.4 is 14.2 Å². The van der Waals surface area contributed by atoms with E-state index < -0.39 is 28.1 Å². The van der Waals surface area contributed by atoms with Crippen LogP contribution in [0.25, 0.3) is 0 Å².